The highest BCUT2D eigenvalue weighted by Crippen LogP contribution is 2.12. The maximum Gasteiger partial charge on any atom is 0.0518 e. The van der Waals surface area contributed by atoms with E-state index in [2.05, 4.69) is 41.9 Å². The van der Waals surface area contributed by atoms with E-state index in [1.165, 1.54) is 22.6 Å². The minimum absolute atomic E-state index is 0.851. The fourth-order valence-corrected chi connectivity index (χ4v) is 2.01. The second-order valence-electron chi connectivity index (χ2n) is 4.51. The molecule has 0 spiro atoms. The lowest BCUT2D eigenvalue weighted by molar-refractivity contribution is 0.624. The van der Waals surface area contributed by atoms with Crippen molar-refractivity contribution in [2.24, 2.45) is 14.1 Å². The number of aromatic nitrogens is 3. The fraction of sp³-hybridized carbons (Fsp3) is 0.462. The highest BCUT2D eigenvalue weighted by Gasteiger charge is 2.05. The van der Waals surface area contributed by atoms with E-state index in [1.807, 2.05) is 24.0 Å². The van der Waals surface area contributed by atoms with Crippen molar-refractivity contribution < 1.29 is 0 Å². The topological polar surface area (TPSA) is 34.8 Å². The molecule has 17 heavy (non-hydrogen) atoms. The average molecular weight is 232 g/mol. The molecule has 4 nitrogen and oxygen atoms in total. The molecule has 0 aliphatic rings. The van der Waals surface area contributed by atoms with Crippen LogP contribution in [0.15, 0.2) is 18.3 Å². The van der Waals surface area contributed by atoms with Gasteiger partial charge in [0, 0.05) is 44.8 Å². The van der Waals surface area contributed by atoms with Gasteiger partial charge in [-0.1, -0.05) is 0 Å². The van der Waals surface area contributed by atoms with E-state index in [9.17, 15) is 0 Å². The maximum atomic E-state index is 4.15. The summed E-state index contributed by atoms with van der Waals surface area (Å²) in [5, 5.41) is 7.60. The Bertz CT molecular complexity index is 507. The van der Waals surface area contributed by atoms with Crippen molar-refractivity contribution in [1.29, 1.82) is 0 Å². The monoisotopic (exact) mass is 232 g/mol. The number of hydrogen-bond acceptors (Lipinski definition) is 2. The molecule has 2 rings (SSSR count). The standard InChI is InChI=1S/C13H20N4/c1-10-7-12(11(2)16(10)3)8-14-9-13-5-6-15-17(13)4/h5-7,14H,8-9H2,1-4H3. The quantitative estimate of drug-likeness (QED) is 0.870. The van der Waals surface area contributed by atoms with Gasteiger partial charge < -0.3 is 9.88 Å². The number of hydrogen-bond donors (Lipinski definition) is 1. The molecule has 0 unspecified atom stereocenters. The average Bonchev–Trinajstić information content (AvgIpc) is 2.80. The number of nitrogens with one attached hydrogen (secondary N) is 1. The van der Waals surface area contributed by atoms with Gasteiger partial charge in [0.1, 0.15) is 0 Å². The highest BCUT2D eigenvalue weighted by atomic mass is 15.3. The summed E-state index contributed by atoms with van der Waals surface area (Å²) in [5.74, 6) is 0. The maximum absolute atomic E-state index is 4.15. The first-order valence-corrected chi connectivity index (χ1v) is 5.89. The molecule has 1 N–H and O–H groups in total. The highest BCUT2D eigenvalue weighted by molar-refractivity contribution is 5.26. The summed E-state index contributed by atoms with van der Waals surface area (Å²) in [6, 6.07) is 4.28. The lowest BCUT2D eigenvalue weighted by atomic mass is 10.2. The van der Waals surface area contributed by atoms with E-state index in [-0.39, 0.29) is 0 Å². The van der Waals surface area contributed by atoms with Crippen LogP contribution in [-0.4, -0.2) is 14.3 Å². The van der Waals surface area contributed by atoms with E-state index in [4.69, 9.17) is 0 Å². The Hall–Kier alpha value is -1.55. The minimum atomic E-state index is 0.851. The van der Waals surface area contributed by atoms with Crippen LogP contribution in [0, 0.1) is 13.8 Å². The molecule has 2 aromatic rings. The summed E-state index contributed by atoms with van der Waals surface area (Å²) >= 11 is 0. The molecule has 0 saturated carbocycles. The largest absolute Gasteiger partial charge is 0.352 e. The Labute approximate surface area is 102 Å². The Morgan fingerprint density at radius 1 is 1.24 bits per heavy atom. The van der Waals surface area contributed by atoms with Crippen LogP contribution in [0.2, 0.25) is 0 Å². The van der Waals surface area contributed by atoms with Crippen LogP contribution < -0.4 is 5.32 Å². The molecular formula is C13H20N4. The van der Waals surface area contributed by atoms with Crippen molar-refractivity contribution in [2.45, 2.75) is 26.9 Å². The van der Waals surface area contributed by atoms with E-state index >= 15 is 0 Å². The van der Waals surface area contributed by atoms with Crippen LogP contribution in [0.25, 0.3) is 0 Å². The summed E-state index contributed by atoms with van der Waals surface area (Å²) in [7, 11) is 4.07. The third kappa shape index (κ3) is 2.42. The summed E-state index contributed by atoms with van der Waals surface area (Å²) < 4.78 is 4.12. The first-order chi connectivity index (χ1) is 8.09. The molecule has 0 amide bonds. The summed E-state index contributed by atoms with van der Waals surface area (Å²) in [6.45, 7) is 6.05. The Balaban J connectivity index is 1.95. The zero-order valence-corrected chi connectivity index (χ0v) is 11.0. The van der Waals surface area contributed by atoms with Crippen LogP contribution in [0.4, 0.5) is 0 Å². The molecule has 0 aliphatic heterocycles. The Kier molecular flexibility index (Phi) is 3.33. The molecule has 0 radical (unpaired) electrons. The predicted octanol–water partition coefficient (Wildman–Crippen LogP) is 1.67. The van der Waals surface area contributed by atoms with Crippen molar-refractivity contribution in [1.82, 2.24) is 19.7 Å². The molecule has 0 aliphatic carbocycles. The van der Waals surface area contributed by atoms with Gasteiger partial charge in [-0.05, 0) is 31.5 Å². The normalized spacial score (nSPS) is 11.1. The van der Waals surface area contributed by atoms with E-state index < -0.39 is 0 Å². The van der Waals surface area contributed by atoms with Gasteiger partial charge in [0.2, 0.25) is 0 Å². The van der Waals surface area contributed by atoms with Crippen molar-refractivity contribution in [3.8, 4) is 0 Å². The summed E-state index contributed by atoms with van der Waals surface area (Å²) in [6.07, 6.45) is 1.83. The smallest absolute Gasteiger partial charge is 0.0518 e. The van der Waals surface area contributed by atoms with Crippen molar-refractivity contribution in [3.63, 3.8) is 0 Å². The number of rotatable bonds is 4. The fourth-order valence-electron chi connectivity index (χ4n) is 2.01. The van der Waals surface area contributed by atoms with Gasteiger partial charge in [-0.25, -0.2) is 0 Å². The second-order valence-corrected chi connectivity index (χ2v) is 4.51. The lowest BCUT2D eigenvalue weighted by Crippen LogP contribution is -2.15. The van der Waals surface area contributed by atoms with E-state index in [0.29, 0.717) is 0 Å². The molecule has 0 saturated heterocycles. The molecule has 0 fully saturated rings. The molecule has 2 aromatic heterocycles. The van der Waals surface area contributed by atoms with Gasteiger partial charge in [-0.3, -0.25) is 4.68 Å². The zero-order valence-electron chi connectivity index (χ0n) is 11.0. The van der Waals surface area contributed by atoms with Crippen molar-refractivity contribution >= 4 is 0 Å². The van der Waals surface area contributed by atoms with Gasteiger partial charge in [0.05, 0.1) is 5.69 Å². The van der Waals surface area contributed by atoms with Crippen LogP contribution >= 0.6 is 0 Å². The van der Waals surface area contributed by atoms with Crippen molar-refractivity contribution in [2.75, 3.05) is 0 Å². The van der Waals surface area contributed by atoms with Crippen LogP contribution in [0.3, 0.4) is 0 Å². The van der Waals surface area contributed by atoms with Gasteiger partial charge in [0.25, 0.3) is 0 Å². The Morgan fingerprint density at radius 3 is 2.53 bits per heavy atom. The van der Waals surface area contributed by atoms with Crippen LogP contribution in [0.5, 0.6) is 0 Å². The van der Waals surface area contributed by atoms with Gasteiger partial charge >= 0.3 is 0 Å². The SMILES string of the molecule is Cc1cc(CNCc2ccnn2C)c(C)n1C. The van der Waals surface area contributed by atoms with Crippen LogP contribution in [-0.2, 0) is 27.2 Å². The molecule has 0 aromatic carbocycles. The number of nitrogens with zero attached hydrogens (tertiary/aromatic N) is 3. The molecule has 2 heterocycles. The zero-order chi connectivity index (χ0) is 12.4. The van der Waals surface area contributed by atoms with Crippen molar-refractivity contribution in [3.05, 3.63) is 41.0 Å². The van der Waals surface area contributed by atoms with E-state index in [0.717, 1.165) is 13.1 Å². The lowest BCUT2D eigenvalue weighted by Gasteiger charge is -2.05. The first kappa shape index (κ1) is 11.9. The summed E-state index contributed by atoms with van der Waals surface area (Å²) in [4.78, 5) is 0. The third-order valence-electron chi connectivity index (χ3n) is 3.42. The molecule has 0 atom stereocenters. The molecule has 92 valence electrons. The second kappa shape index (κ2) is 4.75. The van der Waals surface area contributed by atoms with E-state index in [1.54, 1.807) is 0 Å². The summed E-state index contributed by atoms with van der Waals surface area (Å²) in [5.41, 5.74) is 5.21. The predicted molar refractivity (Wildman–Crippen MR) is 68.6 cm³/mol. The first-order valence-electron chi connectivity index (χ1n) is 5.89. The molecular weight excluding hydrogens is 212 g/mol. The van der Waals surface area contributed by atoms with Gasteiger partial charge in [-0.2, -0.15) is 5.10 Å². The molecule has 4 heteroatoms. The minimum Gasteiger partial charge on any atom is -0.352 e. The third-order valence-corrected chi connectivity index (χ3v) is 3.42. The van der Waals surface area contributed by atoms with Gasteiger partial charge in [-0.15, -0.1) is 0 Å². The van der Waals surface area contributed by atoms with Gasteiger partial charge in [0.15, 0.2) is 0 Å². The Morgan fingerprint density at radius 2 is 2.00 bits per heavy atom. The molecule has 0 bridgehead atoms. The number of aryl methyl sites for hydroxylation is 2. The van der Waals surface area contributed by atoms with Crippen LogP contribution in [0.1, 0.15) is 22.6 Å².